The monoisotopic (exact) mass is 356 g/mol. The number of hydrogen-bond acceptors (Lipinski definition) is 5. The third-order valence-corrected chi connectivity index (χ3v) is 5.03. The van der Waals surface area contributed by atoms with Crippen LogP contribution in [0.25, 0.3) is 0 Å². The van der Waals surface area contributed by atoms with Crippen LogP contribution in [-0.4, -0.2) is 39.3 Å². The normalized spacial score (nSPS) is 14.0. The zero-order valence-corrected chi connectivity index (χ0v) is 15.9. The molecule has 5 nitrogen and oxygen atoms in total. The molecule has 3 rings (SSSR count). The van der Waals surface area contributed by atoms with E-state index < -0.39 is 0 Å². The molecule has 0 saturated carbocycles. The lowest BCUT2D eigenvalue weighted by Gasteiger charge is -2.29. The minimum Gasteiger partial charge on any atom is -0.495 e. The van der Waals surface area contributed by atoms with Crippen molar-refractivity contribution in [3.05, 3.63) is 47.0 Å². The van der Waals surface area contributed by atoms with Crippen LogP contribution in [0.2, 0.25) is 0 Å². The lowest BCUT2D eigenvalue weighted by Crippen LogP contribution is -2.31. The molecule has 1 aliphatic heterocycles. The fourth-order valence-corrected chi connectivity index (χ4v) is 3.55. The second-order valence-corrected chi connectivity index (χ2v) is 6.68. The maximum atomic E-state index is 5.88. The highest BCUT2D eigenvalue weighted by Crippen LogP contribution is 2.33. The molecular weight excluding hydrogens is 328 g/mol. The molecule has 26 heavy (non-hydrogen) atoms. The van der Waals surface area contributed by atoms with Crippen molar-refractivity contribution in [3.8, 4) is 17.2 Å². The van der Waals surface area contributed by atoms with E-state index in [1.165, 1.54) is 16.7 Å². The van der Waals surface area contributed by atoms with E-state index in [9.17, 15) is 0 Å². The van der Waals surface area contributed by atoms with Crippen molar-refractivity contribution in [1.82, 2.24) is 4.90 Å². The minimum absolute atomic E-state index is 0.688. The van der Waals surface area contributed by atoms with Gasteiger partial charge in [-0.3, -0.25) is 4.90 Å². The Kier molecular flexibility index (Phi) is 5.89. The lowest BCUT2D eigenvalue weighted by molar-refractivity contribution is 0.249. The highest BCUT2D eigenvalue weighted by Gasteiger charge is 2.19. The summed E-state index contributed by atoms with van der Waals surface area (Å²) in [5, 5.41) is 0. The Morgan fingerprint density at radius 2 is 1.62 bits per heavy atom. The van der Waals surface area contributed by atoms with E-state index in [-0.39, 0.29) is 0 Å². The van der Waals surface area contributed by atoms with Gasteiger partial charge < -0.3 is 19.9 Å². The molecule has 2 aromatic rings. The van der Waals surface area contributed by atoms with Gasteiger partial charge in [0.25, 0.3) is 0 Å². The Balaban J connectivity index is 1.58. The largest absolute Gasteiger partial charge is 0.495 e. The average Bonchev–Trinajstić information content (AvgIpc) is 2.68. The van der Waals surface area contributed by atoms with Gasteiger partial charge in [0, 0.05) is 13.1 Å². The highest BCUT2D eigenvalue weighted by molar-refractivity contribution is 5.54. The number of fused-ring (bicyclic) bond motifs is 1. The first kappa shape index (κ1) is 18.4. The van der Waals surface area contributed by atoms with Crippen molar-refractivity contribution in [3.63, 3.8) is 0 Å². The van der Waals surface area contributed by atoms with E-state index in [0.717, 1.165) is 56.1 Å². The standard InChI is InChI=1S/C21H28N2O3/c1-24-19-11-15(6-7-18(19)22)5-4-9-23-10-8-16-12-20(25-2)21(26-3)13-17(16)14-23/h6-7,11-13H,4-5,8-10,14,22H2,1-3H3. The Morgan fingerprint density at radius 3 is 2.31 bits per heavy atom. The number of hydrogen-bond donors (Lipinski definition) is 1. The van der Waals surface area contributed by atoms with E-state index in [1.807, 2.05) is 12.1 Å². The number of nitrogens with zero attached hydrogens (tertiary/aromatic N) is 1. The maximum absolute atomic E-state index is 5.88. The Bertz CT molecular complexity index is 761. The second kappa shape index (κ2) is 8.32. The minimum atomic E-state index is 0.688. The fourth-order valence-electron chi connectivity index (χ4n) is 3.55. The van der Waals surface area contributed by atoms with Crippen LogP contribution in [0.15, 0.2) is 30.3 Å². The van der Waals surface area contributed by atoms with E-state index in [2.05, 4.69) is 23.1 Å². The van der Waals surface area contributed by atoms with Crippen LogP contribution in [0.3, 0.4) is 0 Å². The van der Waals surface area contributed by atoms with Crippen LogP contribution in [0.4, 0.5) is 5.69 Å². The molecule has 0 radical (unpaired) electrons. The summed E-state index contributed by atoms with van der Waals surface area (Å²) in [5.41, 5.74) is 10.5. The van der Waals surface area contributed by atoms with Gasteiger partial charge in [0.15, 0.2) is 11.5 Å². The predicted octanol–water partition coefficient (Wildman–Crippen LogP) is 3.29. The summed E-state index contributed by atoms with van der Waals surface area (Å²) < 4.78 is 16.2. The Morgan fingerprint density at radius 1 is 0.923 bits per heavy atom. The number of benzene rings is 2. The summed E-state index contributed by atoms with van der Waals surface area (Å²) in [4.78, 5) is 2.50. The van der Waals surface area contributed by atoms with Crippen molar-refractivity contribution in [2.45, 2.75) is 25.8 Å². The van der Waals surface area contributed by atoms with Gasteiger partial charge >= 0.3 is 0 Å². The number of anilines is 1. The summed E-state index contributed by atoms with van der Waals surface area (Å²) in [5.74, 6) is 2.38. The molecule has 1 heterocycles. The molecule has 0 fully saturated rings. The molecule has 140 valence electrons. The maximum Gasteiger partial charge on any atom is 0.161 e. The van der Waals surface area contributed by atoms with Crippen LogP contribution < -0.4 is 19.9 Å². The lowest BCUT2D eigenvalue weighted by atomic mass is 9.98. The molecule has 0 saturated heterocycles. The van der Waals surface area contributed by atoms with Crippen molar-refractivity contribution in [2.24, 2.45) is 0 Å². The van der Waals surface area contributed by atoms with Gasteiger partial charge in [-0.2, -0.15) is 0 Å². The van der Waals surface area contributed by atoms with E-state index in [0.29, 0.717) is 5.69 Å². The predicted molar refractivity (Wildman–Crippen MR) is 104 cm³/mol. The topological polar surface area (TPSA) is 57.0 Å². The molecule has 0 bridgehead atoms. The average molecular weight is 356 g/mol. The first-order chi connectivity index (χ1) is 12.6. The summed E-state index contributed by atoms with van der Waals surface area (Å²) in [7, 11) is 5.03. The van der Waals surface area contributed by atoms with Gasteiger partial charge in [0.05, 0.1) is 27.0 Å². The molecule has 1 aliphatic rings. The molecule has 5 heteroatoms. The first-order valence-electron chi connectivity index (χ1n) is 9.03. The molecule has 2 aromatic carbocycles. The second-order valence-electron chi connectivity index (χ2n) is 6.68. The first-order valence-corrected chi connectivity index (χ1v) is 9.03. The number of rotatable bonds is 7. The van der Waals surface area contributed by atoms with Gasteiger partial charge in [-0.05, 0) is 66.8 Å². The summed E-state index contributed by atoms with van der Waals surface area (Å²) >= 11 is 0. The third-order valence-electron chi connectivity index (χ3n) is 5.03. The number of methoxy groups -OCH3 is 3. The van der Waals surface area contributed by atoms with Crippen LogP contribution in [0.5, 0.6) is 17.2 Å². The van der Waals surface area contributed by atoms with Gasteiger partial charge in [0.1, 0.15) is 5.75 Å². The summed E-state index contributed by atoms with van der Waals surface area (Å²) in [6.07, 6.45) is 3.17. The van der Waals surface area contributed by atoms with E-state index in [1.54, 1.807) is 21.3 Å². The molecule has 0 aliphatic carbocycles. The SMILES string of the molecule is COc1cc(CCCN2CCc3cc(OC)c(OC)cc3C2)ccc1N. The zero-order valence-electron chi connectivity index (χ0n) is 15.9. The fraction of sp³-hybridized carbons (Fsp3) is 0.429. The van der Waals surface area contributed by atoms with Crippen molar-refractivity contribution < 1.29 is 14.2 Å². The van der Waals surface area contributed by atoms with Gasteiger partial charge in [0.2, 0.25) is 0 Å². The van der Waals surface area contributed by atoms with Crippen molar-refractivity contribution in [1.29, 1.82) is 0 Å². The highest BCUT2D eigenvalue weighted by atomic mass is 16.5. The van der Waals surface area contributed by atoms with Gasteiger partial charge in [-0.25, -0.2) is 0 Å². The number of nitrogen functional groups attached to an aromatic ring is 1. The molecule has 0 atom stereocenters. The summed E-state index contributed by atoms with van der Waals surface area (Å²) in [6, 6.07) is 10.3. The van der Waals surface area contributed by atoms with Crippen LogP contribution in [0.1, 0.15) is 23.1 Å². The smallest absolute Gasteiger partial charge is 0.161 e. The van der Waals surface area contributed by atoms with Crippen molar-refractivity contribution in [2.75, 3.05) is 40.2 Å². The van der Waals surface area contributed by atoms with Crippen LogP contribution >= 0.6 is 0 Å². The quantitative estimate of drug-likeness (QED) is 0.772. The van der Waals surface area contributed by atoms with Crippen molar-refractivity contribution >= 4 is 5.69 Å². The zero-order chi connectivity index (χ0) is 18.5. The molecule has 0 amide bonds. The van der Waals surface area contributed by atoms with Crippen LogP contribution in [-0.2, 0) is 19.4 Å². The van der Waals surface area contributed by atoms with E-state index in [4.69, 9.17) is 19.9 Å². The summed E-state index contributed by atoms with van der Waals surface area (Å²) in [6.45, 7) is 3.11. The number of aryl methyl sites for hydroxylation is 1. The van der Waals surface area contributed by atoms with Gasteiger partial charge in [-0.15, -0.1) is 0 Å². The number of nitrogens with two attached hydrogens (primary N) is 1. The number of ether oxygens (including phenoxy) is 3. The van der Waals surface area contributed by atoms with E-state index >= 15 is 0 Å². The third kappa shape index (κ3) is 4.05. The molecule has 2 N–H and O–H groups in total. The molecule has 0 unspecified atom stereocenters. The molecular formula is C21H28N2O3. The Labute approximate surface area is 155 Å². The van der Waals surface area contributed by atoms with Gasteiger partial charge in [-0.1, -0.05) is 6.07 Å². The Hall–Kier alpha value is -2.40. The van der Waals surface area contributed by atoms with Crippen LogP contribution in [0, 0.1) is 0 Å². The molecule has 0 spiro atoms. The molecule has 0 aromatic heterocycles.